The van der Waals surface area contributed by atoms with Gasteiger partial charge in [-0.3, -0.25) is 9.78 Å². The number of ether oxygens (including phenoxy) is 1. The summed E-state index contributed by atoms with van der Waals surface area (Å²) in [5, 5.41) is 20.5. The molecule has 0 bridgehead atoms. The van der Waals surface area contributed by atoms with Crippen molar-refractivity contribution in [3.05, 3.63) is 53.9 Å². The zero-order valence-corrected chi connectivity index (χ0v) is 23.5. The van der Waals surface area contributed by atoms with Crippen LogP contribution in [0.3, 0.4) is 0 Å². The fourth-order valence-electron chi connectivity index (χ4n) is 4.98. The number of pyridine rings is 1. The minimum absolute atomic E-state index is 0.0180. The van der Waals surface area contributed by atoms with Gasteiger partial charge in [0.2, 0.25) is 15.9 Å². The van der Waals surface area contributed by atoms with Crippen molar-refractivity contribution in [3.63, 3.8) is 0 Å². The molecule has 1 aliphatic carbocycles. The number of aliphatic hydroxyl groups is 2. The van der Waals surface area contributed by atoms with Gasteiger partial charge in [-0.15, -0.1) is 0 Å². The number of carbonyl (C=O) groups excluding carboxylic acids is 1. The average Bonchev–Trinajstić information content (AvgIpc) is 3.36. The number of benzene rings is 1. The van der Waals surface area contributed by atoms with E-state index in [1.807, 2.05) is 6.92 Å². The van der Waals surface area contributed by atoms with Crippen molar-refractivity contribution in [2.24, 2.45) is 5.92 Å². The van der Waals surface area contributed by atoms with Crippen LogP contribution in [0.25, 0.3) is 0 Å². The predicted molar refractivity (Wildman–Crippen MR) is 146 cm³/mol. The van der Waals surface area contributed by atoms with E-state index in [-0.39, 0.29) is 48.6 Å². The molecule has 4 rings (SSSR count). The standard InChI is InChI=1S/C29H37N3O6S/c1-21-18-32(22(2)20-33)39(36,37)27-7-6-23(8-13-29(35)11-4-5-12-29)16-25(27)38-26(21)19-31(3)28(34)17-24-9-14-30-15-10-24/h6-7,9-10,14-16,21-22,26,33,35H,4-5,11-12,17-20H2,1-3H3/t21-,22+,26-/m1/s1. The lowest BCUT2D eigenvalue weighted by molar-refractivity contribution is -0.130. The molecular formula is C29H37N3O6S. The highest BCUT2D eigenvalue weighted by Gasteiger charge is 2.38. The highest BCUT2D eigenvalue weighted by Crippen LogP contribution is 2.34. The van der Waals surface area contributed by atoms with Gasteiger partial charge in [-0.2, -0.15) is 4.31 Å². The highest BCUT2D eigenvalue weighted by molar-refractivity contribution is 7.89. The van der Waals surface area contributed by atoms with Crippen LogP contribution >= 0.6 is 0 Å². The molecule has 1 saturated carbocycles. The summed E-state index contributed by atoms with van der Waals surface area (Å²) in [5.74, 6) is 5.70. The average molecular weight is 556 g/mol. The van der Waals surface area contributed by atoms with Gasteiger partial charge in [0.05, 0.1) is 19.6 Å². The third kappa shape index (κ3) is 6.79. The molecule has 1 aliphatic heterocycles. The molecular weight excluding hydrogens is 518 g/mol. The van der Waals surface area contributed by atoms with Gasteiger partial charge in [0, 0.05) is 43.5 Å². The first-order valence-electron chi connectivity index (χ1n) is 13.3. The Kier molecular flexibility index (Phi) is 8.96. The summed E-state index contributed by atoms with van der Waals surface area (Å²) in [6, 6.07) is 7.60. The fraction of sp³-hybridized carbons (Fsp3) is 0.517. The molecule has 2 N–H and O–H groups in total. The Bertz CT molecular complexity index is 1330. The van der Waals surface area contributed by atoms with Crippen molar-refractivity contribution >= 4 is 15.9 Å². The van der Waals surface area contributed by atoms with Crippen LogP contribution in [0.2, 0.25) is 0 Å². The Hall–Kier alpha value is -2.97. The van der Waals surface area contributed by atoms with Gasteiger partial charge in [-0.25, -0.2) is 8.42 Å². The molecule has 2 aromatic rings. The highest BCUT2D eigenvalue weighted by atomic mass is 32.2. The van der Waals surface area contributed by atoms with E-state index in [4.69, 9.17) is 4.74 Å². The molecule has 0 spiro atoms. The van der Waals surface area contributed by atoms with Crippen molar-refractivity contribution in [2.75, 3.05) is 26.7 Å². The van der Waals surface area contributed by atoms with Gasteiger partial charge in [0.1, 0.15) is 22.4 Å². The lowest BCUT2D eigenvalue weighted by atomic mass is 10.0. The van der Waals surface area contributed by atoms with Crippen molar-refractivity contribution < 1.29 is 28.2 Å². The number of amides is 1. The van der Waals surface area contributed by atoms with E-state index in [0.717, 1.165) is 18.4 Å². The van der Waals surface area contributed by atoms with E-state index < -0.39 is 27.8 Å². The zero-order chi connectivity index (χ0) is 28.2. The fourth-order valence-corrected chi connectivity index (χ4v) is 6.80. The summed E-state index contributed by atoms with van der Waals surface area (Å²) in [6.45, 7) is 3.56. The van der Waals surface area contributed by atoms with Crippen molar-refractivity contribution in [1.29, 1.82) is 0 Å². The second-order valence-corrected chi connectivity index (χ2v) is 12.6. The largest absolute Gasteiger partial charge is 0.487 e. The number of rotatable bonds is 6. The van der Waals surface area contributed by atoms with Gasteiger partial charge in [0.25, 0.3) is 0 Å². The minimum atomic E-state index is -3.99. The molecule has 1 aromatic carbocycles. The maximum atomic E-state index is 13.7. The lowest BCUT2D eigenvalue weighted by Gasteiger charge is -2.37. The number of hydrogen-bond acceptors (Lipinski definition) is 7. The number of nitrogens with zero attached hydrogens (tertiary/aromatic N) is 3. The second-order valence-electron chi connectivity index (χ2n) is 10.7. The first-order chi connectivity index (χ1) is 18.5. The molecule has 1 aromatic heterocycles. The van der Waals surface area contributed by atoms with Gasteiger partial charge in [-0.05, 0) is 68.5 Å². The van der Waals surface area contributed by atoms with Crippen LogP contribution < -0.4 is 4.74 Å². The van der Waals surface area contributed by atoms with E-state index in [1.165, 1.54) is 10.4 Å². The summed E-state index contributed by atoms with van der Waals surface area (Å²) < 4.78 is 35.0. The van der Waals surface area contributed by atoms with E-state index in [1.54, 1.807) is 55.5 Å². The van der Waals surface area contributed by atoms with E-state index in [0.29, 0.717) is 18.4 Å². The van der Waals surface area contributed by atoms with Crippen LogP contribution in [0.4, 0.5) is 0 Å². The number of sulfonamides is 1. The second kappa shape index (κ2) is 12.0. The monoisotopic (exact) mass is 555 g/mol. The molecule has 2 aliphatic rings. The summed E-state index contributed by atoms with van der Waals surface area (Å²) in [7, 11) is -2.29. The summed E-state index contributed by atoms with van der Waals surface area (Å²) in [4.78, 5) is 18.5. The molecule has 1 amide bonds. The molecule has 1 fully saturated rings. The minimum Gasteiger partial charge on any atom is -0.487 e. The SMILES string of the molecule is C[C@@H]1CN([C@@H](C)CO)S(=O)(=O)c2ccc(C#CC3(O)CCCC3)cc2O[C@@H]1CN(C)C(=O)Cc1ccncc1. The van der Waals surface area contributed by atoms with Crippen LogP contribution in [-0.4, -0.2) is 83.2 Å². The van der Waals surface area contributed by atoms with E-state index >= 15 is 0 Å². The van der Waals surface area contributed by atoms with Crippen LogP contribution in [-0.2, 0) is 21.2 Å². The maximum absolute atomic E-state index is 13.7. The molecule has 39 heavy (non-hydrogen) atoms. The van der Waals surface area contributed by atoms with Crippen molar-refractivity contribution in [3.8, 4) is 17.6 Å². The van der Waals surface area contributed by atoms with E-state index in [2.05, 4.69) is 16.8 Å². The molecule has 2 heterocycles. The number of carbonyl (C=O) groups is 1. The number of fused-ring (bicyclic) bond motifs is 1. The number of aliphatic hydroxyl groups excluding tert-OH is 1. The topological polar surface area (TPSA) is 120 Å². The third-order valence-electron chi connectivity index (χ3n) is 7.52. The Balaban J connectivity index is 1.66. The number of aromatic nitrogens is 1. The van der Waals surface area contributed by atoms with Gasteiger partial charge in [-0.1, -0.05) is 18.8 Å². The Morgan fingerprint density at radius 2 is 1.95 bits per heavy atom. The summed E-state index contributed by atoms with van der Waals surface area (Å²) >= 11 is 0. The quantitative estimate of drug-likeness (QED) is 0.525. The summed E-state index contributed by atoms with van der Waals surface area (Å²) in [5.41, 5.74) is 0.347. The number of hydrogen-bond donors (Lipinski definition) is 2. The molecule has 9 nitrogen and oxygen atoms in total. The normalized spacial score (nSPS) is 22.8. The molecule has 210 valence electrons. The van der Waals surface area contributed by atoms with Gasteiger partial charge < -0.3 is 19.8 Å². The molecule has 0 saturated heterocycles. The van der Waals surface area contributed by atoms with Gasteiger partial charge >= 0.3 is 0 Å². The molecule has 0 radical (unpaired) electrons. The third-order valence-corrected chi connectivity index (χ3v) is 9.54. The number of likely N-dealkylation sites (N-methyl/N-ethyl adjacent to an activating group) is 1. The Labute approximate surface area is 230 Å². The first kappa shape index (κ1) is 29.0. The zero-order valence-electron chi connectivity index (χ0n) is 22.7. The van der Waals surface area contributed by atoms with Crippen LogP contribution in [0.1, 0.15) is 50.7 Å². The van der Waals surface area contributed by atoms with Crippen LogP contribution in [0.5, 0.6) is 5.75 Å². The van der Waals surface area contributed by atoms with Crippen LogP contribution in [0, 0.1) is 17.8 Å². The van der Waals surface area contributed by atoms with Gasteiger partial charge in [0.15, 0.2) is 0 Å². The Morgan fingerprint density at radius 1 is 1.26 bits per heavy atom. The maximum Gasteiger partial charge on any atom is 0.247 e. The van der Waals surface area contributed by atoms with Crippen LogP contribution in [0.15, 0.2) is 47.6 Å². The smallest absolute Gasteiger partial charge is 0.247 e. The van der Waals surface area contributed by atoms with Crippen molar-refractivity contribution in [2.45, 2.75) is 68.6 Å². The molecule has 10 heteroatoms. The molecule has 0 unspecified atom stereocenters. The molecule has 3 atom stereocenters. The summed E-state index contributed by atoms with van der Waals surface area (Å²) in [6.07, 6.45) is 6.03. The first-order valence-corrected chi connectivity index (χ1v) is 14.8. The predicted octanol–water partition coefficient (Wildman–Crippen LogP) is 2.21. The Morgan fingerprint density at radius 3 is 2.62 bits per heavy atom. The van der Waals surface area contributed by atoms with Crippen molar-refractivity contribution in [1.82, 2.24) is 14.2 Å². The van der Waals surface area contributed by atoms with E-state index in [9.17, 15) is 23.4 Å². The lowest BCUT2D eigenvalue weighted by Crippen LogP contribution is -2.50.